The molecule has 132 valence electrons. The second-order valence-corrected chi connectivity index (χ2v) is 6.47. The summed E-state index contributed by atoms with van der Waals surface area (Å²) in [5.41, 5.74) is 5.59. The number of amides is 1. The highest BCUT2D eigenvalue weighted by Crippen LogP contribution is 2.28. The number of nitrogens with zero attached hydrogens (tertiary/aromatic N) is 5. The Bertz CT molecular complexity index is 789. The summed E-state index contributed by atoms with van der Waals surface area (Å²) in [4.78, 5) is 21.9. The Morgan fingerprint density at radius 3 is 3.04 bits per heavy atom. The van der Waals surface area contributed by atoms with E-state index in [1.54, 1.807) is 4.68 Å². The SMILES string of the molecule is NC(=O)c1ccc(CSc2nnnn2CC2CCCO2)c([N+](=O)[O-])c1. The third kappa shape index (κ3) is 4.12. The Morgan fingerprint density at radius 1 is 1.52 bits per heavy atom. The molecule has 1 atom stereocenters. The Hall–Kier alpha value is -2.53. The normalized spacial score (nSPS) is 16.9. The van der Waals surface area contributed by atoms with Crippen molar-refractivity contribution in [2.24, 2.45) is 5.73 Å². The van der Waals surface area contributed by atoms with Crippen LogP contribution in [-0.4, -0.2) is 43.7 Å². The Morgan fingerprint density at radius 2 is 2.36 bits per heavy atom. The van der Waals surface area contributed by atoms with Gasteiger partial charge in [-0.15, -0.1) is 5.10 Å². The number of carbonyl (C=O) groups is 1. The molecule has 10 nitrogen and oxygen atoms in total. The summed E-state index contributed by atoms with van der Waals surface area (Å²) in [6.07, 6.45) is 2.07. The van der Waals surface area contributed by atoms with Crippen LogP contribution in [0.4, 0.5) is 5.69 Å². The summed E-state index contributed by atoms with van der Waals surface area (Å²) >= 11 is 1.29. The Labute approximate surface area is 146 Å². The van der Waals surface area contributed by atoms with E-state index in [4.69, 9.17) is 10.5 Å². The van der Waals surface area contributed by atoms with Crippen LogP contribution in [0, 0.1) is 10.1 Å². The average Bonchev–Trinajstić information content (AvgIpc) is 3.25. The molecule has 1 aliphatic heterocycles. The molecule has 1 aromatic carbocycles. The molecular weight excluding hydrogens is 348 g/mol. The number of hydrogen-bond donors (Lipinski definition) is 1. The molecule has 3 rings (SSSR count). The molecule has 0 aliphatic carbocycles. The zero-order valence-electron chi connectivity index (χ0n) is 13.2. The van der Waals surface area contributed by atoms with Gasteiger partial charge >= 0.3 is 0 Å². The lowest BCUT2D eigenvalue weighted by Gasteiger charge is -2.10. The van der Waals surface area contributed by atoms with Crippen LogP contribution < -0.4 is 5.73 Å². The van der Waals surface area contributed by atoms with E-state index in [1.165, 1.54) is 30.0 Å². The van der Waals surface area contributed by atoms with E-state index in [1.807, 2.05) is 0 Å². The van der Waals surface area contributed by atoms with E-state index < -0.39 is 10.8 Å². The van der Waals surface area contributed by atoms with Crippen molar-refractivity contribution in [1.29, 1.82) is 0 Å². The van der Waals surface area contributed by atoms with Gasteiger partial charge in [-0.25, -0.2) is 4.68 Å². The standard InChI is InChI=1S/C14H16N6O4S/c15-13(21)9-3-4-10(12(6-9)20(22)23)8-25-14-16-17-18-19(14)7-11-2-1-5-24-11/h3-4,6,11H,1-2,5,7-8H2,(H2,15,21). The van der Waals surface area contributed by atoms with Gasteiger partial charge in [0.1, 0.15) is 0 Å². The third-order valence-corrected chi connectivity index (χ3v) is 4.83. The molecule has 1 saturated heterocycles. The topological polar surface area (TPSA) is 139 Å². The number of carbonyl (C=O) groups excluding carboxylic acids is 1. The number of ether oxygens (including phenoxy) is 1. The van der Waals surface area contributed by atoms with Gasteiger partial charge in [-0.05, 0) is 29.3 Å². The zero-order valence-corrected chi connectivity index (χ0v) is 14.0. The van der Waals surface area contributed by atoms with Gasteiger partial charge in [0, 0.05) is 29.6 Å². The lowest BCUT2D eigenvalue weighted by Crippen LogP contribution is -2.16. The number of nitro benzene ring substituents is 1. The predicted molar refractivity (Wildman–Crippen MR) is 88.0 cm³/mol. The summed E-state index contributed by atoms with van der Waals surface area (Å²) < 4.78 is 7.21. The zero-order chi connectivity index (χ0) is 17.8. The van der Waals surface area contributed by atoms with Crippen LogP contribution in [0.3, 0.4) is 0 Å². The van der Waals surface area contributed by atoms with Gasteiger partial charge in [-0.2, -0.15) is 0 Å². The Balaban J connectivity index is 1.72. The van der Waals surface area contributed by atoms with Crippen LogP contribution in [-0.2, 0) is 17.0 Å². The van der Waals surface area contributed by atoms with Crippen LogP contribution in [0.25, 0.3) is 0 Å². The minimum absolute atomic E-state index is 0.0898. The second-order valence-electron chi connectivity index (χ2n) is 5.53. The summed E-state index contributed by atoms with van der Waals surface area (Å²) in [5.74, 6) is -0.413. The molecule has 0 bridgehead atoms. The van der Waals surface area contributed by atoms with Gasteiger partial charge in [0.15, 0.2) is 0 Å². The summed E-state index contributed by atoms with van der Waals surface area (Å²) in [6.45, 7) is 1.30. The average molecular weight is 364 g/mol. The van der Waals surface area contributed by atoms with Gasteiger partial charge in [0.05, 0.1) is 17.6 Å². The number of hydrogen-bond acceptors (Lipinski definition) is 8. The maximum atomic E-state index is 11.2. The largest absolute Gasteiger partial charge is 0.376 e. The van der Waals surface area contributed by atoms with Gasteiger partial charge in [-0.1, -0.05) is 17.8 Å². The fraction of sp³-hybridized carbons (Fsp3) is 0.429. The van der Waals surface area contributed by atoms with Gasteiger partial charge < -0.3 is 10.5 Å². The molecular formula is C14H16N6O4S. The van der Waals surface area contributed by atoms with E-state index in [2.05, 4.69) is 15.5 Å². The van der Waals surface area contributed by atoms with Crippen molar-refractivity contribution < 1.29 is 14.5 Å². The fourth-order valence-corrected chi connectivity index (χ4v) is 3.43. The monoisotopic (exact) mass is 364 g/mol. The van der Waals surface area contributed by atoms with Crippen LogP contribution in [0.1, 0.15) is 28.8 Å². The predicted octanol–water partition coefficient (Wildman–Crippen LogP) is 1.15. The first kappa shape index (κ1) is 17.3. The number of nitrogens with two attached hydrogens (primary N) is 1. The van der Waals surface area contributed by atoms with E-state index in [0.29, 0.717) is 23.0 Å². The van der Waals surface area contributed by atoms with Gasteiger partial charge in [-0.3, -0.25) is 14.9 Å². The number of rotatable bonds is 7. The van der Waals surface area contributed by atoms with Gasteiger partial charge in [0.25, 0.3) is 5.69 Å². The number of primary amides is 1. The van der Waals surface area contributed by atoms with Crippen molar-refractivity contribution in [1.82, 2.24) is 20.2 Å². The molecule has 11 heteroatoms. The molecule has 2 heterocycles. The molecule has 0 spiro atoms. The van der Waals surface area contributed by atoms with Crippen molar-refractivity contribution in [2.75, 3.05) is 6.61 Å². The van der Waals surface area contributed by atoms with E-state index >= 15 is 0 Å². The van der Waals surface area contributed by atoms with E-state index in [-0.39, 0.29) is 17.4 Å². The maximum Gasteiger partial charge on any atom is 0.274 e. The van der Waals surface area contributed by atoms with Crippen LogP contribution in [0.5, 0.6) is 0 Å². The van der Waals surface area contributed by atoms with Crippen molar-refractivity contribution in [3.63, 3.8) is 0 Å². The van der Waals surface area contributed by atoms with Crippen molar-refractivity contribution in [3.8, 4) is 0 Å². The minimum Gasteiger partial charge on any atom is -0.376 e. The molecule has 1 fully saturated rings. The van der Waals surface area contributed by atoms with Gasteiger partial charge in [0.2, 0.25) is 11.1 Å². The van der Waals surface area contributed by atoms with Crippen molar-refractivity contribution >= 4 is 23.4 Å². The summed E-state index contributed by atoms with van der Waals surface area (Å²) in [5, 5.41) is 23.4. The van der Waals surface area contributed by atoms with Crippen molar-refractivity contribution in [2.45, 2.75) is 36.4 Å². The number of tetrazole rings is 1. The number of thioether (sulfide) groups is 1. The maximum absolute atomic E-state index is 11.2. The molecule has 0 saturated carbocycles. The quantitative estimate of drug-likeness (QED) is 0.438. The second kappa shape index (κ2) is 7.57. The number of aromatic nitrogens is 4. The first-order valence-electron chi connectivity index (χ1n) is 7.62. The van der Waals surface area contributed by atoms with Crippen LogP contribution in [0.15, 0.2) is 23.4 Å². The smallest absolute Gasteiger partial charge is 0.274 e. The molecule has 1 aromatic heterocycles. The third-order valence-electron chi connectivity index (χ3n) is 3.82. The lowest BCUT2D eigenvalue weighted by atomic mass is 10.1. The first-order valence-corrected chi connectivity index (χ1v) is 8.61. The summed E-state index contributed by atoms with van der Waals surface area (Å²) in [6, 6.07) is 4.19. The number of nitro groups is 1. The molecule has 0 radical (unpaired) electrons. The van der Waals surface area contributed by atoms with Crippen molar-refractivity contribution in [3.05, 3.63) is 39.4 Å². The van der Waals surface area contributed by atoms with E-state index in [0.717, 1.165) is 19.4 Å². The molecule has 1 amide bonds. The van der Waals surface area contributed by atoms with Crippen LogP contribution >= 0.6 is 11.8 Å². The molecule has 25 heavy (non-hydrogen) atoms. The highest BCUT2D eigenvalue weighted by atomic mass is 32.2. The molecule has 1 aliphatic rings. The lowest BCUT2D eigenvalue weighted by molar-refractivity contribution is -0.385. The summed E-state index contributed by atoms with van der Waals surface area (Å²) in [7, 11) is 0. The highest BCUT2D eigenvalue weighted by Gasteiger charge is 2.21. The first-order chi connectivity index (χ1) is 12.0. The molecule has 2 aromatic rings. The highest BCUT2D eigenvalue weighted by molar-refractivity contribution is 7.98. The van der Waals surface area contributed by atoms with Crippen LogP contribution in [0.2, 0.25) is 0 Å². The Kier molecular flexibility index (Phi) is 5.24. The molecule has 2 N–H and O–H groups in total. The molecule has 1 unspecified atom stereocenters. The van der Waals surface area contributed by atoms with E-state index in [9.17, 15) is 14.9 Å². The minimum atomic E-state index is -0.706. The number of benzene rings is 1. The fourth-order valence-electron chi connectivity index (χ4n) is 2.55.